The molecule has 3 rings (SSSR count). The average Bonchev–Trinajstić information content (AvgIpc) is 2.72. The fourth-order valence-corrected chi connectivity index (χ4v) is 2.51. The summed E-state index contributed by atoms with van der Waals surface area (Å²) >= 11 is 0. The zero-order valence-corrected chi connectivity index (χ0v) is 14.6. The fourth-order valence-electron chi connectivity index (χ4n) is 2.51. The van der Waals surface area contributed by atoms with Crippen molar-refractivity contribution in [1.29, 1.82) is 0 Å². The van der Waals surface area contributed by atoms with E-state index in [2.05, 4.69) is 10.2 Å². The van der Waals surface area contributed by atoms with Crippen LogP contribution in [0.3, 0.4) is 0 Å². The molecule has 0 aliphatic heterocycles. The topological polar surface area (TPSA) is 41.8 Å². The first-order valence-corrected chi connectivity index (χ1v) is 8.38. The second-order valence-electron chi connectivity index (χ2n) is 5.88. The number of carbonyl (C=O) groups excluding carboxylic acids is 1. The number of Topliss-reactive ketones (excluding diaryl/α,β-unsaturated/α-hetero) is 1. The van der Waals surface area contributed by atoms with E-state index in [1.807, 2.05) is 0 Å². The van der Waals surface area contributed by atoms with Crippen LogP contribution in [0, 0.1) is 0 Å². The summed E-state index contributed by atoms with van der Waals surface area (Å²) < 4.78 is 38.4. The minimum atomic E-state index is -4.44. The van der Waals surface area contributed by atoms with Crippen LogP contribution >= 0.6 is 0 Å². The van der Waals surface area contributed by atoms with E-state index < -0.39 is 11.7 Å². The van der Waals surface area contributed by atoms with E-state index in [0.717, 1.165) is 12.1 Å². The molecule has 0 amide bonds. The highest BCUT2D eigenvalue weighted by molar-refractivity contribution is 6.51. The van der Waals surface area contributed by atoms with Crippen LogP contribution in [0.25, 0.3) is 0 Å². The monoisotopic (exact) mass is 380 g/mol. The molecule has 0 bridgehead atoms. The van der Waals surface area contributed by atoms with Crippen molar-refractivity contribution >= 4 is 17.7 Å². The molecule has 28 heavy (non-hydrogen) atoms. The number of rotatable bonds is 5. The maximum Gasteiger partial charge on any atom is 0.416 e. The molecule has 3 aromatic carbocycles. The summed E-state index contributed by atoms with van der Waals surface area (Å²) in [5.41, 5.74) is 0.578. The van der Waals surface area contributed by atoms with Gasteiger partial charge in [0, 0.05) is 11.1 Å². The van der Waals surface area contributed by atoms with Crippen molar-refractivity contribution in [3.8, 4) is 0 Å². The second kappa shape index (κ2) is 8.43. The zero-order chi connectivity index (χ0) is 20.0. The van der Waals surface area contributed by atoms with Gasteiger partial charge in [0.05, 0.1) is 11.8 Å². The minimum absolute atomic E-state index is 0.107. The lowest BCUT2D eigenvalue weighted by atomic mass is 10.0. The lowest BCUT2D eigenvalue weighted by Gasteiger charge is -2.06. The van der Waals surface area contributed by atoms with Crippen molar-refractivity contribution in [1.82, 2.24) is 0 Å². The van der Waals surface area contributed by atoms with Gasteiger partial charge in [-0.3, -0.25) is 4.79 Å². The van der Waals surface area contributed by atoms with E-state index in [-0.39, 0.29) is 17.1 Å². The Balaban J connectivity index is 1.94. The number of ketones is 1. The quantitative estimate of drug-likeness (QED) is 0.331. The minimum Gasteiger partial charge on any atom is -0.287 e. The summed E-state index contributed by atoms with van der Waals surface area (Å²) in [6, 6.07) is 22.1. The van der Waals surface area contributed by atoms with Gasteiger partial charge in [-0.1, -0.05) is 72.8 Å². The summed E-state index contributed by atoms with van der Waals surface area (Å²) in [6.07, 6.45) is -3.25. The molecule has 0 saturated carbocycles. The summed E-state index contributed by atoms with van der Waals surface area (Å²) in [5.74, 6) is -0.326. The van der Waals surface area contributed by atoms with Gasteiger partial charge in [0.15, 0.2) is 0 Å². The second-order valence-corrected chi connectivity index (χ2v) is 5.88. The maximum absolute atomic E-state index is 12.8. The molecule has 3 aromatic rings. The van der Waals surface area contributed by atoms with Gasteiger partial charge in [-0.25, -0.2) is 0 Å². The number of benzene rings is 3. The molecule has 0 spiro atoms. The van der Waals surface area contributed by atoms with Crippen LogP contribution in [0.4, 0.5) is 13.2 Å². The normalized spacial score (nSPS) is 12.3. The smallest absolute Gasteiger partial charge is 0.287 e. The number of halogens is 3. The Morgan fingerprint density at radius 2 is 1.39 bits per heavy atom. The van der Waals surface area contributed by atoms with Gasteiger partial charge in [-0.2, -0.15) is 18.3 Å². The standard InChI is InChI=1S/C22H15F3N2O/c23-22(24,25)19-13-7-8-16(14-19)15-26-27-20(17-9-3-1-4-10-17)21(28)18-11-5-2-6-12-18/h1-15H. The van der Waals surface area contributed by atoms with E-state index in [0.29, 0.717) is 11.1 Å². The molecule has 0 atom stereocenters. The van der Waals surface area contributed by atoms with Gasteiger partial charge in [-0.05, 0) is 17.7 Å². The molecule has 6 heteroatoms. The number of alkyl halides is 3. The molecule has 0 N–H and O–H groups in total. The van der Waals surface area contributed by atoms with Crippen LogP contribution in [0.15, 0.2) is 95.1 Å². The third-order valence-corrected chi connectivity index (χ3v) is 3.88. The van der Waals surface area contributed by atoms with Crippen LogP contribution in [0.5, 0.6) is 0 Å². The predicted molar refractivity (Wildman–Crippen MR) is 103 cm³/mol. The summed E-state index contributed by atoms with van der Waals surface area (Å²) in [7, 11) is 0. The third kappa shape index (κ3) is 4.79. The largest absolute Gasteiger partial charge is 0.416 e. The summed E-state index contributed by atoms with van der Waals surface area (Å²) in [6.45, 7) is 0. The summed E-state index contributed by atoms with van der Waals surface area (Å²) in [5, 5.41) is 7.88. The molecular weight excluding hydrogens is 365 g/mol. The van der Waals surface area contributed by atoms with Gasteiger partial charge < -0.3 is 0 Å². The van der Waals surface area contributed by atoms with Crippen molar-refractivity contribution in [3.63, 3.8) is 0 Å². The van der Waals surface area contributed by atoms with Gasteiger partial charge >= 0.3 is 6.18 Å². The van der Waals surface area contributed by atoms with Crippen LogP contribution in [0.2, 0.25) is 0 Å². The molecule has 0 fully saturated rings. The SMILES string of the molecule is O=C(C(=NN=Cc1cccc(C(F)(F)F)c1)c1ccccc1)c1ccccc1. The average molecular weight is 380 g/mol. The molecule has 140 valence electrons. The lowest BCUT2D eigenvalue weighted by Crippen LogP contribution is -2.15. The van der Waals surface area contributed by atoms with Gasteiger partial charge in [0.25, 0.3) is 0 Å². The highest BCUT2D eigenvalue weighted by Gasteiger charge is 2.30. The van der Waals surface area contributed by atoms with E-state index >= 15 is 0 Å². The highest BCUT2D eigenvalue weighted by atomic mass is 19.4. The first kappa shape index (κ1) is 19.2. The van der Waals surface area contributed by atoms with Crippen LogP contribution in [-0.2, 0) is 6.18 Å². The molecule has 0 radical (unpaired) electrons. The molecule has 0 unspecified atom stereocenters. The Labute approximate surface area is 159 Å². The van der Waals surface area contributed by atoms with E-state index in [4.69, 9.17) is 0 Å². The fraction of sp³-hybridized carbons (Fsp3) is 0.0455. The van der Waals surface area contributed by atoms with E-state index in [9.17, 15) is 18.0 Å². The Hall–Kier alpha value is -3.54. The van der Waals surface area contributed by atoms with Crippen LogP contribution < -0.4 is 0 Å². The number of hydrogen-bond acceptors (Lipinski definition) is 3. The molecule has 0 aromatic heterocycles. The van der Waals surface area contributed by atoms with E-state index in [1.54, 1.807) is 60.7 Å². The Morgan fingerprint density at radius 1 is 0.786 bits per heavy atom. The maximum atomic E-state index is 12.8. The van der Waals surface area contributed by atoms with Crippen LogP contribution in [-0.4, -0.2) is 17.7 Å². The highest BCUT2D eigenvalue weighted by Crippen LogP contribution is 2.29. The number of hydrogen-bond donors (Lipinski definition) is 0. The van der Waals surface area contributed by atoms with Gasteiger partial charge in [-0.15, -0.1) is 5.10 Å². The number of carbonyl (C=O) groups is 1. The van der Waals surface area contributed by atoms with Gasteiger partial charge in [0.2, 0.25) is 5.78 Å². The first-order chi connectivity index (χ1) is 13.4. The zero-order valence-electron chi connectivity index (χ0n) is 14.6. The summed E-state index contributed by atoms with van der Waals surface area (Å²) in [4.78, 5) is 12.8. The van der Waals surface area contributed by atoms with Crippen molar-refractivity contribution < 1.29 is 18.0 Å². The molecule has 3 nitrogen and oxygen atoms in total. The van der Waals surface area contributed by atoms with Crippen LogP contribution in [0.1, 0.15) is 27.0 Å². The Bertz CT molecular complexity index is 1010. The molecule has 0 aliphatic carbocycles. The van der Waals surface area contributed by atoms with E-state index in [1.165, 1.54) is 18.3 Å². The first-order valence-electron chi connectivity index (χ1n) is 8.38. The van der Waals surface area contributed by atoms with Crippen molar-refractivity contribution in [2.75, 3.05) is 0 Å². The van der Waals surface area contributed by atoms with Crippen molar-refractivity contribution in [3.05, 3.63) is 107 Å². The predicted octanol–water partition coefficient (Wildman–Crippen LogP) is 5.41. The molecule has 0 aliphatic rings. The molecule has 0 saturated heterocycles. The number of nitrogens with zero attached hydrogens (tertiary/aromatic N) is 2. The lowest BCUT2D eigenvalue weighted by molar-refractivity contribution is -0.137. The molecule has 0 heterocycles. The van der Waals surface area contributed by atoms with Gasteiger partial charge in [0.1, 0.15) is 5.71 Å². The Kier molecular flexibility index (Phi) is 5.79. The molecular formula is C22H15F3N2O. The van der Waals surface area contributed by atoms with Crippen molar-refractivity contribution in [2.24, 2.45) is 10.2 Å². The van der Waals surface area contributed by atoms with Crippen molar-refractivity contribution in [2.45, 2.75) is 6.18 Å². The third-order valence-electron chi connectivity index (χ3n) is 3.88. The Morgan fingerprint density at radius 3 is 2.00 bits per heavy atom.